The molecule has 1 aromatic heterocycles. The van der Waals surface area contributed by atoms with Crippen LogP contribution in [-0.2, 0) is 4.74 Å². The van der Waals surface area contributed by atoms with E-state index in [-0.39, 0.29) is 28.4 Å². The number of ether oxygens (including phenoxy) is 2. The zero-order valence-electron chi connectivity index (χ0n) is 12.8. The van der Waals surface area contributed by atoms with E-state index in [0.717, 1.165) is 6.07 Å². The van der Waals surface area contributed by atoms with Gasteiger partial charge in [-0.3, -0.25) is 14.9 Å². The lowest BCUT2D eigenvalue weighted by atomic mass is 10.1. The van der Waals surface area contributed by atoms with Crippen molar-refractivity contribution in [2.75, 3.05) is 19.5 Å². The van der Waals surface area contributed by atoms with Gasteiger partial charge in [-0.25, -0.2) is 9.78 Å². The predicted octanol–water partition coefficient (Wildman–Crippen LogP) is 2.04. The highest BCUT2D eigenvalue weighted by Crippen LogP contribution is 2.27. The van der Waals surface area contributed by atoms with Crippen LogP contribution in [0.15, 0.2) is 36.5 Å². The zero-order chi connectivity index (χ0) is 17.7. The third-order valence-corrected chi connectivity index (χ3v) is 3.06. The Morgan fingerprint density at radius 2 is 1.88 bits per heavy atom. The fourth-order valence-corrected chi connectivity index (χ4v) is 1.87. The number of nitro groups is 1. The van der Waals surface area contributed by atoms with Gasteiger partial charge < -0.3 is 14.8 Å². The number of anilines is 1. The van der Waals surface area contributed by atoms with Crippen LogP contribution >= 0.6 is 0 Å². The Morgan fingerprint density at radius 1 is 1.17 bits per heavy atom. The first-order valence-electron chi connectivity index (χ1n) is 6.64. The number of benzene rings is 1. The average Bonchev–Trinajstić information content (AvgIpc) is 2.60. The molecule has 1 N–H and O–H groups in total. The highest BCUT2D eigenvalue weighted by molar-refractivity contribution is 6.04. The maximum atomic E-state index is 12.2. The number of carbonyl (C=O) groups excluding carboxylic acids is 2. The van der Waals surface area contributed by atoms with E-state index in [0.29, 0.717) is 0 Å². The fraction of sp³-hybridized carbons (Fsp3) is 0.133. The summed E-state index contributed by atoms with van der Waals surface area (Å²) in [6.07, 6.45) is 1.25. The van der Waals surface area contributed by atoms with Crippen molar-refractivity contribution in [3.05, 3.63) is 57.8 Å². The van der Waals surface area contributed by atoms with E-state index in [1.54, 1.807) is 0 Å². The molecule has 0 saturated carbocycles. The van der Waals surface area contributed by atoms with Crippen LogP contribution < -0.4 is 10.1 Å². The number of nitrogens with zero attached hydrogens (tertiary/aromatic N) is 2. The van der Waals surface area contributed by atoms with Crippen molar-refractivity contribution in [1.82, 2.24) is 4.98 Å². The molecule has 0 aliphatic heterocycles. The molecule has 1 amide bonds. The van der Waals surface area contributed by atoms with Crippen LogP contribution in [0.3, 0.4) is 0 Å². The van der Waals surface area contributed by atoms with Gasteiger partial charge in [0, 0.05) is 17.8 Å². The van der Waals surface area contributed by atoms with Gasteiger partial charge in [0.15, 0.2) is 5.75 Å². The monoisotopic (exact) mass is 331 g/mol. The molecule has 0 unspecified atom stereocenters. The van der Waals surface area contributed by atoms with E-state index >= 15 is 0 Å². The first kappa shape index (κ1) is 16.9. The molecule has 1 heterocycles. The molecule has 0 fully saturated rings. The molecular weight excluding hydrogens is 318 g/mol. The number of amides is 1. The zero-order valence-corrected chi connectivity index (χ0v) is 12.8. The maximum absolute atomic E-state index is 12.2. The summed E-state index contributed by atoms with van der Waals surface area (Å²) in [7, 11) is 2.55. The summed E-state index contributed by atoms with van der Waals surface area (Å²) >= 11 is 0. The Balaban J connectivity index is 2.19. The average molecular weight is 331 g/mol. The fourth-order valence-electron chi connectivity index (χ4n) is 1.87. The minimum absolute atomic E-state index is 0.0529. The summed E-state index contributed by atoms with van der Waals surface area (Å²) in [4.78, 5) is 37.7. The van der Waals surface area contributed by atoms with Gasteiger partial charge in [-0.05, 0) is 24.3 Å². The molecule has 124 valence electrons. The summed E-state index contributed by atoms with van der Waals surface area (Å²) in [6, 6.07) is 6.69. The van der Waals surface area contributed by atoms with E-state index < -0.39 is 16.8 Å². The molecule has 2 rings (SSSR count). The molecule has 0 atom stereocenters. The SMILES string of the molecule is COC(=O)c1ccc(NC(=O)c2ccc(OC)c([N+](=O)[O-])c2)nc1. The summed E-state index contributed by atoms with van der Waals surface area (Å²) in [5, 5.41) is 13.5. The molecule has 9 nitrogen and oxygen atoms in total. The van der Waals surface area contributed by atoms with Crippen molar-refractivity contribution < 1.29 is 24.0 Å². The van der Waals surface area contributed by atoms with Gasteiger partial charge in [-0.2, -0.15) is 0 Å². The third kappa shape index (κ3) is 3.64. The largest absolute Gasteiger partial charge is 0.490 e. The lowest BCUT2D eigenvalue weighted by Crippen LogP contribution is -2.13. The summed E-state index contributed by atoms with van der Waals surface area (Å²) in [5.74, 6) is -0.895. The number of nitrogens with one attached hydrogen (secondary N) is 1. The number of esters is 1. The van der Waals surface area contributed by atoms with E-state index in [4.69, 9.17) is 4.74 Å². The summed E-state index contributed by atoms with van der Waals surface area (Å²) < 4.78 is 9.42. The number of hydrogen-bond donors (Lipinski definition) is 1. The van der Waals surface area contributed by atoms with Crippen LogP contribution in [0.1, 0.15) is 20.7 Å². The molecule has 2 aromatic rings. The van der Waals surface area contributed by atoms with Gasteiger partial charge in [0.05, 0.1) is 24.7 Å². The molecule has 0 saturated heterocycles. The highest BCUT2D eigenvalue weighted by atomic mass is 16.6. The van der Waals surface area contributed by atoms with Crippen LogP contribution in [0.4, 0.5) is 11.5 Å². The molecule has 0 aliphatic carbocycles. The van der Waals surface area contributed by atoms with Crippen molar-refractivity contribution >= 4 is 23.4 Å². The summed E-state index contributed by atoms with van der Waals surface area (Å²) in [5.41, 5.74) is -0.0175. The Hall–Kier alpha value is -3.49. The number of nitro benzene ring substituents is 1. The summed E-state index contributed by atoms with van der Waals surface area (Å²) in [6.45, 7) is 0. The minimum atomic E-state index is -0.640. The first-order valence-corrected chi connectivity index (χ1v) is 6.64. The topological polar surface area (TPSA) is 121 Å². The van der Waals surface area contributed by atoms with Gasteiger partial charge in [0.2, 0.25) is 0 Å². The normalized spacial score (nSPS) is 9.92. The highest BCUT2D eigenvalue weighted by Gasteiger charge is 2.18. The number of rotatable bonds is 5. The molecule has 1 aromatic carbocycles. The van der Waals surface area contributed by atoms with Crippen molar-refractivity contribution in [2.24, 2.45) is 0 Å². The van der Waals surface area contributed by atoms with E-state index in [9.17, 15) is 19.7 Å². The second-order valence-electron chi connectivity index (χ2n) is 4.52. The molecular formula is C15H13N3O6. The van der Waals surface area contributed by atoms with E-state index in [2.05, 4.69) is 15.0 Å². The van der Waals surface area contributed by atoms with Gasteiger partial charge in [0.1, 0.15) is 5.82 Å². The number of carbonyl (C=O) groups is 2. The minimum Gasteiger partial charge on any atom is -0.490 e. The number of hydrogen-bond acceptors (Lipinski definition) is 7. The van der Waals surface area contributed by atoms with Gasteiger partial charge in [0.25, 0.3) is 5.91 Å². The molecule has 0 bridgehead atoms. The van der Waals surface area contributed by atoms with Crippen LogP contribution in [0.25, 0.3) is 0 Å². The number of aromatic nitrogens is 1. The van der Waals surface area contributed by atoms with Crippen LogP contribution in [0, 0.1) is 10.1 Å². The standard InChI is InChI=1S/C15H13N3O6/c1-23-12-5-3-9(7-11(12)18(21)22)14(19)17-13-6-4-10(8-16-13)15(20)24-2/h3-8H,1-2H3,(H,16,17,19). The molecule has 0 aliphatic rings. The smallest absolute Gasteiger partial charge is 0.339 e. The number of pyridine rings is 1. The predicted molar refractivity (Wildman–Crippen MR) is 83.2 cm³/mol. The van der Waals surface area contributed by atoms with Gasteiger partial charge >= 0.3 is 11.7 Å². The Kier molecular flexibility index (Phi) is 5.05. The Labute approximate surface area is 136 Å². The lowest BCUT2D eigenvalue weighted by molar-refractivity contribution is -0.385. The van der Waals surface area contributed by atoms with Crippen LogP contribution in [0.2, 0.25) is 0 Å². The quantitative estimate of drug-likeness (QED) is 0.505. The van der Waals surface area contributed by atoms with Gasteiger partial charge in [-0.1, -0.05) is 0 Å². The van der Waals surface area contributed by atoms with E-state index in [1.165, 1.54) is 44.7 Å². The second-order valence-corrected chi connectivity index (χ2v) is 4.52. The van der Waals surface area contributed by atoms with Gasteiger partial charge in [-0.15, -0.1) is 0 Å². The third-order valence-electron chi connectivity index (χ3n) is 3.06. The van der Waals surface area contributed by atoms with Crippen molar-refractivity contribution in [3.8, 4) is 5.75 Å². The van der Waals surface area contributed by atoms with Crippen molar-refractivity contribution in [2.45, 2.75) is 0 Å². The van der Waals surface area contributed by atoms with E-state index in [1.807, 2.05) is 0 Å². The van der Waals surface area contributed by atoms with Crippen LogP contribution in [-0.4, -0.2) is 36.0 Å². The Bertz CT molecular complexity index is 788. The molecule has 9 heteroatoms. The first-order chi connectivity index (χ1) is 11.5. The lowest BCUT2D eigenvalue weighted by Gasteiger charge is -2.07. The number of methoxy groups -OCH3 is 2. The van der Waals surface area contributed by atoms with Crippen molar-refractivity contribution in [1.29, 1.82) is 0 Å². The molecule has 24 heavy (non-hydrogen) atoms. The van der Waals surface area contributed by atoms with Crippen LogP contribution in [0.5, 0.6) is 5.75 Å². The molecule has 0 spiro atoms. The molecule has 0 radical (unpaired) electrons. The Morgan fingerprint density at radius 3 is 2.42 bits per heavy atom. The second kappa shape index (κ2) is 7.18. The maximum Gasteiger partial charge on any atom is 0.339 e. The van der Waals surface area contributed by atoms with Crippen molar-refractivity contribution in [3.63, 3.8) is 0 Å².